The summed E-state index contributed by atoms with van der Waals surface area (Å²) in [5.41, 5.74) is 4.58. The van der Waals surface area contributed by atoms with Crippen molar-refractivity contribution in [3.63, 3.8) is 0 Å². The second-order valence-electron chi connectivity index (χ2n) is 7.95. The van der Waals surface area contributed by atoms with Gasteiger partial charge in [-0.05, 0) is 57.7 Å². The summed E-state index contributed by atoms with van der Waals surface area (Å²) in [6.07, 6.45) is 10.3. The Labute approximate surface area is 160 Å². The van der Waals surface area contributed by atoms with Gasteiger partial charge in [-0.25, -0.2) is 4.98 Å². The van der Waals surface area contributed by atoms with Gasteiger partial charge in [0.25, 0.3) is 0 Å². The third-order valence-corrected chi connectivity index (χ3v) is 7.22. The number of hydrogen-bond acceptors (Lipinski definition) is 5. The molecule has 140 valence electrons. The van der Waals surface area contributed by atoms with E-state index < -0.39 is 0 Å². The van der Waals surface area contributed by atoms with Gasteiger partial charge in [0.2, 0.25) is 0 Å². The van der Waals surface area contributed by atoms with Crippen molar-refractivity contribution in [1.29, 1.82) is 0 Å². The van der Waals surface area contributed by atoms with E-state index in [1.807, 2.05) is 17.8 Å². The minimum atomic E-state index is 0.101. The molecule has 0 unspecified atom stereocenters. The molecule has 0 aromatic carbocycles. The molecule has 0 amide bonds. The monoisotopic (exact) mass is 371 g/mol. The molecule has 3 heterocycles. The predicted octanol–water partition coefficient (Wildman–Crippen LogP) is 4.39. The Balaban J connectivity index is 1.47. The molecule has 26 heavy (non-hydrogen) atoms. The van der Waals surface area contributed by atoms with E-state index in [1.165, 1.54) is 36.3 Å². The van der Waals surface area contributed by atoms with Crippen molar-refractivity contribution in [2.75, 3.05) is 13.2 Å². The van der Waals surface area contributed by atoms with Crippen molar-refractivity contribution >= 4 is 11.3 Å². The van der Waals surface area contributed by atoms with Gasteiger partial charge in [0.05, 0.1) is 16.8 Å². The SMILES string of the molecule is Cc1ncsc1CNCC[C@@]1(c2ccccn2)CCOC2(CCCC2)C1. The molecule has 5 heteroatoms. The van der Waals surface area contributed by atoms with Crippen LogP contribution in [0.1, 0.15) is 61.2 Å². The van der Waals surface area contributed by atoms with Gasteiger partial charge in [0.15, 0.2) is 0 Å². The zero-order valence-electron chi connectivity index (χ0n) is 15.7. The van der Waals surface area contributed by atoms with E-state index in [-0.39, 0.29) is 11.0 Å². The van der Waals surface area contributed by atoms with Crippen molar-refractivity contribution in [1.82, 2.24) is 15.3 Å². The number of aromatic nitrogens is 2. The lowest BCUT2D eigenvalue weighted by molar-refractivity contribution is -0.104. The Bertz CT molecular complexity index is 711. The van der Waals surface area contributed by atoms with Crippen molar-refractivity contribution in [2.45, 2.75) is 69.4 Å². The highest BCUT2D eigenvalue weighted by Gasteiger charge is 2.48. The summed E-state index contributed by atoms with van der Waals surface area (Å²) < 4.78 is 6.33. The maximum Gasteiger partial charge on any atom is 0.0798 e. The van der Waals surface area contributed by atoms with E-state index in [4.69, 9.17) is 9.72 Å². The van der Waals surface area contributed by atoms with Crippen molar-refractivity contribution in [2.24, 2.45) is 0 Å². The summed E-state index contributed by atoms with van der Waals surface area (Å²) in [4.78, 5) is 10.5. The molecule has 1 atom stereocenters. The molecule has 1 saturated carbocycles. The highest BCUT2D eigenvalue weighted by atomic mass is 32.1. The molecule has 1 spiro atoms. The molecule has 0 radical (unpaired) electrons. The molecule has 0 bridgehead atoms. The summed E-state index contributed by atoms with van der Waals surface area (Å²) in [7, 11) is 0. The number of rotatable bonds is 6. The topological polar surface area (TPSA) is 47.0 Å². The number of ether oxygens (including phenoxy) is 1. The zero-order valence-corrected chi connectivity index (χ0v) is 16.5. The van der Waals surface area contributed by atoms with Crippen LogP contribution in [0.5, 0.6) is 0 Å². The molecule has 1 N–H and O–H groups in total. The van der Waals surface area contributed by atoms with Crippen LogP contribution >= 0.6 is 11.3 Å². The van der Waals surface area contributed by atoms with E-state index in [0.717, 1.165) is 44.7 Å². The van der Waals surface area contributed by atoms with Crippen LogP contribution in [0.15, 0.2) is 29.9 Å². The Morgan fingerprint density at radius 2 is 2.08 bits per heavy atom. The van der Waals surface area contributed by atoms with E-state index in [2.05, 4.69) is 29.4 Å². The quantitative estimate of drug-likeness (QED) is 0.765. The average molecular weight is 372 g/mol. The first kappa shape index (κ1) is 18.1. The lowest BCUT2D eigenvalue weighted by atomic mass is 9.68. The summed E-state index contributed by atoms with van der Waals surface area (Å²) in [5, 5.41) is 3.65. The molecule has 1 aliphatic carbocycles. The lowest BCUT2D eigenvalue weighted by Crippen LogP contribution is -2.47. The molecule has 1 saturated heterocycles. The molecule has 1 aliphatic heterocycles. The van der Waals surface area contributed by atoms with Crippen LogP contribution < -0.4 is 5.32 Å². The van der Waals surface area contributed by atoms with Crippen LogP contribution in [0.25, 0.3) is 0 Å². The minimum Gasteiger partial charge on any atom is -0.375 e. The van der Waals surface area contributed by atoms with E-state index in [1.54, 1.807) is 11.3 Å². The van der Waals surface area contributed by atoms with Crippen LogP contribution in [-0.4, -0.2) is 28.7 Å². The Kier molecular flexibility index (Phi) is 5.39. The fraction of sp³-hybridized carbons (Fsp3) is 0.619. The maximum absolute atomic E-state index is 6.33. The van der Waals surface area contributed by atoms with Crippen LogP contribution in [0.4, 0.5) is 0 Å². The van der Waals surface area contributed by atoms with Crippen molar-refractivity contribution in [3.8, 4) is 0 Å². The van der Waals surface area contributed by atoms with Crippen LogP contribution in [0.2, 0.25) is 0 Å². The van der Waals surface area contributed by atoms with Crippen LogP contribution in [-0.2, 0) is 16.7 Å². The summed E-state index contributed by atoms with van der Waals surface area (Å²) >= 11 is 1.74. The maximum atomic E-state index is 6.33. The van der Waals surface area contributed by atoms with Crippen LogP contribution in [0.3, 0.4) is 0 Å². The Hall–Kier alpha value is -1.30. The number of pyridine rings is 1. The average Bonchev–Trinajstić information content (AvgIpc) is 3.29. The third-order valence-electron chi connectivity index (χ3n) is 6.28. The van der Waals surface area contributed by atoms with E-state index in [0.29, 0.717) is 0 Å². The van der Waals surface area contributed by atoms with Gasteiger partial charge in [0.1, 0.15) is 0 Å². The number of hydrogen-bond donors (Lipinski definition) is 1. The van der Waals surface area contributed by atoms with Gasteiger partial charge in [0, 0.05) is 35.3 Å². The second-order valence-corrected chi connectivity index (χ2v) is 8.89. The molecule has 2 fully saturated rings. The number of nitrogens with zero attached hydrogens (tertiary/aromatic N) is 2. The summed E-state index contributed by atoms with van der Waals surface area (Å²) in [6.45, 7) is 4.87. The predicted molar refractivity (Wildman–Crippen MR) is 105 cm³/mol. The minimum absolute atomic E-state index is 0.101. The molecule has 2 aliphatic rings. The normalized spacial score (nSPS) is 25.0. The number of aryl methyl sites for hydroxylation is 1. The zero-order chi connectivity index (χ0) is 17.9. The van der Waals surface area contributed by atoms with Gasteiger partial charge >= 0.3 is 0 Å². The molecule has 4 nitrogen and oxygen atoms in total. The molecule has 4 rings (SSSR count). The fourth-order valence-electron chi connectivity index (χ4n) is 4.82. The smallest absolute Gasteiger partial charge is 0.0798 e. The largest absolute Gasteiger partial charge is 0.375 e. The van der Waals surface area contributed by atoms with Gasteiger partial charge in [-0.3, -0.25) is 4.98 Å². The van der Waals surface area contributed by atoms with Gasteiger partial charge in [-0.1, -0.05) is 18.9 Å². The first-order valence-electron chi connectivity index (χ1n) is 9.87. The fourth-order valence-corrected chi connectivity index (χ4v) is 5.57. The highest BCUT2D eigenvalue weighted by Crippen LogP contribution is 2.49. The summed E-state index contributed by atoms with van der Waals surface area (Å²) in [5.74, 6) is 0. The second kappa shape index (κ2) is 7.75. The lowest BCUT2D eigenvalue weighted by Gasteiger charge is -2.46. The number of thiazole rings is 1. The van der Waals surface area contributed by atoms with Crippen molar-refractivity contribution < 1.29 is 4.74 Å². The molecule has 2 aromatic heterocycles. The molecule has 2 aromatic rings. The van der Waals surface area contributed by atoms with E-state index in [9.17, 15) is 0 Å². The first-order valence-corrected chi connectivity index (χ1v) is 10.7. The first-order chi connectivity index (χ1) is 12.7. The van der Waals surface area contributed by atoms with Crippen molar-refractivity contribution in [3.05, 3.63) is 46.2 Å². The number of nitrogens with one attached hydrogen (secondary N) is 1. The van der Waals surface area contributed by atoms with Crippen LogP contribution in [0, 0.1) is 6.92 Å². The standard InChI is InChI=1S/C21H29N3OS/c1-17-18(26-16-24-17)14-22-12-9-20(19-6-2-5-11-23-19)10-13-25-21(15-20)7-3-4-8-21/h2,5-6,11,16,22H,3-4,7-10,12-15H2,1H3/t20-/m1/s1. The Morgan fingerprint density at radius 1 is 1.19 bits per heavy atom. The third kappa shape index (κ3) is 3.71. The molecular weight excluding hydrogens is 342 g/mol. The van der Waals surface area contributed by atoms with E-state index >= 15 is 0 Å². The summed E-state index contributed by atoms with van der Waals surface area (Å²) in [6, 6.07) is 6.38. The van der Waals surface area contributed by atoms with Gasteiger partial charge < -0.3 is 10.1 Å². The van der Waals surface area contributed by atoms with Gasteiger partial charge in [-0.2, -0.15) is 0 Å². The highest BCUT2D eigenvalue weighted by molar-refractivity contribution is 7.09. The van der Waals surface area contributed by atoms with Gasteiger partial charge in [-0.15, -0.1) is 11.3 Å². The Morgan fingerprint density at radius 3 is 2.81 bits per heavy atom. The molecular formula is C21H29N3OS.